The van der Waals surface area contributed by atoms with Crippen LogP contribution >= 0.6 is 23.2 Å². The zero-order valence-corrected chi connectivity index (χ0v) is 18.4. The molecular weight excluding hydrogens is 437 g/mol. The summed E-state index contributed by atoms with van der Waals surface area (Å²) in [5.74, 6) is -0.765. The first-order chi connectivity index (χ1) is 13.7. The van der Waals surface area contributed by atoms with E-state index < -0.39 is 15.8 Å². The van der Waals surface area contributed by atoms with Crippen molar-refractivity contribution >= 4 is 44.9 Å². The Bertz CT molecular complexity index is 868. The zero-order chi connectivity index (χ0) is 21.0. The monoisotopic (exact) mass is 461 g/mol. The molecule has 9 heteroatoms. The lowest BCUT2D eigenvalue weighted by atomic mass is 9.93. The molecule has 2 aliphatic rings. The quantitative estimate of drug-likeness (QED) is 0.606. The van der Waals surface area contributed by atoms with Crippen LogP contribution in [0.25, 0.3) is 0 Å². The largest absolute Gasteiger partial charge is 0.455 e. The minimum atomic E-state index is -3.12. The van der Waals surface area contributed by atoms with E-state index in [-0.39, 0.29) is 42.5 Å². The first kappa shape index (κ1) is 22.4. The van der Waals surface area contributed by atoms with Gasteiger partial charge in [0.05, 0.1) is 28.0 Å². The topological polar surface area (TPSA) is 80.8 Å². The van der Waals surface area contributed by atoms with Gasteiger partial charge >= 0.3 is 5.97 Å². The van der Waals surface area contributed by atoms with E-state index in [1.165, 1.54) is 0 Å². The summed E-state index contributed by atoms with van der Waals surface area (Å²) in [7, 11) is -3.12. The van der Waals surface area contributed by atoms with Gasteiger partial charge in [-0.3, -0.25) is 9.59 Å². The molecule has 6 nitrogen and oxygen atoms in total. The number of carbonyl (C=O) groups is 2. The molecule has 1 saturated carbocycles. The summed E-state index contributed by atoms with van der Waals surface area (Å²) in [6, 6.07) is 4.55. The first-order valence-corrected chi connectivity index (χ1v) is 12.4. The predicted molar refractivity (Wildman–Crippen MR) is 112 cm³/mol. The van der Waals surface area contributed by atoms with Gasteiger partial charge in [-0.1, -0.05) is 48.5 Å². The second kappa shape index (κ2) is 9.67. The number of carbonyl (C=O) groups excluding carboxylic acids is 2. The van der Waals surface area contributed by atoms with E-state index in [4.69, 9.17) is 27.9 Å². The second-order valence-electron chi connectivity index (χ2n) is 7.74. The standard InChI is InChI=1S/C20H25Cl2NO5S/c21-17-7-6-14(10-18(17)22)11-20(25)28-12-19(24)23(15-4-2-1-3-5-15)16-8-9-29(26,27)13-16/h6-7,10,15-16H,1-5,8-9,11-13H2. The maximum absolute atomic E-state index is 12.9. The molecule has 29 heavy (non-hydrogen) atoms. The molecule has 0 aromatic heterocycles. The number of rotatable bonds is 6. The summed E-state index contributed by atoms with van der Waals surface area (Å²) < 4.78 is 29.1. The van der Waals surface area contributed by atoms with Crippen LogP contribution in [0.15, 0.2) is 18.2 Å². The fraction of sp³-hybridized carbons (Fsp3) is 0.600. The number of halogens is 2. The van der Waals surface area contributed by atoms with E-state index in [2.05, 4.69) is 0 Å². The van der Waals surface area contributed by atoms with Crippen LogP contribution in [0.3, 0.4) is 0 Å². The van der Waals surface area contributed by atoms with Crippen LogP contribution in [0.4, 0.5) is 0 Å². The van der Waals surface area contributed by atoms with Crippen LogP contribution in [0, 0.1) is 0 Å². The van der Waals surface area contributed by atoms with Gasteiger partial charge in [0.25, 0.3) is 5.91 Å². The molecule has 0 N–H and O–H groups in total. The van der Waals surface area contributed by atoms with Gasteiger partial charge in [0.1, 0.15) is 0 Å². The average Bonchev–Trinajstić information content (AvgIpc) is 3.03. The van der Waals surface area contributed by atoms with Crippen LogP contribution in [0.1, 0.15) is 44.1 Å². The number of nitrogens with zero attached hydrogens (tertiary/aromatic N) is 1. The van der Waals surface area contributed by atoms with Crippen molar-refractivity contribution in [2.24, 2.45) is 0 Å². The molecule has 0 bridgehead atoms. The van der Waals surface area contributed by atoms with Gasteiger partial charge in [0.2, 0.25) is 0 Å². The number of sulfone groups is 1. The van der Waals surface area contributed by atoms with Crippen molar-refractivity contribution in [3.63, 3.8) is 0 Å². The van der Waals surface area contributed by atoms with Crippen molar-refractivity contribution in [1.29, 1.82) is 0 Å². The number of hydrogen-bond acceptors (Lipinski definition) is 5. The van der Waals surface area contributed by atoms with Crippen molar-refractivity contribution < 1.29 is 22.7 Å². The van der Waals surface area contributed by atoms with Gasteiger partial charge in [-0.2, -0.15) is 0 Å². The Labute approximate surface area is 181 Å². The van der Waals surface area contributed by atoms with Crippen LogP contribution in [-0.2, 0) is 30.6 Å². The summed E-state index contributed by atoms with van der Waals surface area (Å²) >= 11 is 11.8. The number of benzene rings is 1. The average molecular weight is 462 g/mol. The highest BCUT2D eigenvalue weighted by Crippen LogP contribution is 2.28. The molecule has 1 aromatic carbocycles. The lowest BCUT2D eigenvalue weighted by Gasteiger charge is -2.38. The smallest absolute Gasteiger partial charge is 0.310 e. The molecule has 1 unspecified atom stereocenters. The third-order valence-corrected chi connectivity index (χ3v) is 8.04. The predicted octanol–water partition coefficient (Wildman–Crippen LogP) is 3.43. The molecule has 1 aliphatic heterocycles. The Morgan fingerprint density at radius 2 is 1.76 bits per heavy atom. The van der Waals surface area contributed by atoms with Gasteiger partial charge in [0.15, 0.2) is 16.4 Å². The molecule has 1 aliphatic carbocycles. The summed E-state index contributed by atoms with van der Waals surface area (Å²) in [6.07, 6.45) is 5.31. The van der Waals surface area contributed by atoms with Crippen molar-refractivity contribution in [3.8, 4) is 0 Å². The van der Waals surface area contributed by atoms with Crippen LogP contribution < -0.4 is 0 Å². The third kappa shape index (κ3) is 6.09. The molecule has 1 atom stereocenters. The molecule has 0 radical (unpaired) electrons. The van der Waals surface area contributed by atoms with E-state index in [9.17, 15) is 18.0 Å². The van der Waals surface area contributed by atoms with E-state index in [1.54, 1.807) is 23.1 Å². The van der Waals surface area contributed by atoms with Crippen LogP contribution in [0.5, 0.6) is 0 Å². The number of hydrogen-bond donors (Lipinski definition) is 0. The Kier molecular flexibility index (Phi) is 7.46. The first-order valence-electron chi connectivity index (χ1n) is 9.86. The molecular formula is C20H25Cl2NO5S. The van der Waals surface area contributed by atoms with E-state index >= 15 is 0 Å². The fourth-order valence-electron chi connectivity index (χ4n) is 4.14. The van der Waals surface area contributed by atoms with Gasteiger partial charge in [-0.05, 0) is 37.0 Å². The Morgan fingerprint density at radius 1 is 1.03 bits per heavy atom. The molecule has 0 spiro atoms. The molecule has 1 saturated heterocycles. The van der Waals surface area contributed by atoms with Gasteiger partial charge in [0, 0.05) is 12.1 Å². The molecule has 1 aromatic rings. The maximum atomic E-state index is 12.9. The SMILES string of the molecule is O=C(Cc1ccc(Cl)c(Cl)c1)OCC(=O)N(C1CCCCC1)C1CCS(=O)(=O)C1. The van der Waals surface area contributed by atoms with Crippen molar-refractivity contribution in [3.05, 3.63) is 33.8 Å². The summed E-state index contributed by atoms with van der Waals surface area (Å²) in [6.45, 7) is -0.382. The Hall–Kier alpha value is -1.31. The minimum absolute atomic E-state index is 0.00748. The highest BCUT2D eigenvalue weighted by atomic mass is 35.5. The van der Waals surface area contributed by atoms with E-state index in [1.807, 2.05) is 0 Å². The third-order valence-electron chi connectivity index (χ3n) is 5.55. The van der Waals surface area contributed by atoms with Crippen molar-refractivity contribution in [1.82, 2.24) is 4.90 Å². The van der Waals surface area contributed by atoms with Gasteiger partial charge in [-0.15, -0.1) is 0 Å². The Balaban J connectivity index is 1.61. The fourth-order valence-corrected chi connectivity index (χ4v) is 6.18. The maximum Gasteiger partial charge on any atom is 0.310 e. The lowest BCUT2D eigenvalue weighted by Crippen LogP contribution is -2.50. The minimum Gasteiger partial charge on any atom is -0.455 e. The summed E-state index contributed by atoms with van der Waals surface area (Å²) in [4.78, 5) is 26.8. The molecule has 1 heterocycles. The summed E-state index contributed by atoms with van der Waals surface area (Å²) in [5.41, 5.74) is 0.642. The molecule has 2 fully saturated rings. The normalized spacial score (nSPS) is 21.7. The number of amides is 1. The van der Waals surface area contributed by atoms with Crippen molar-refractivity contribution in [2.45, 2.75) is 57.0 Å². The Morgan fingerprint density at radius 3 is 2.38 bits per heavy atom. The van der Waals surface area contributed by atoms with Gasteiger partial charge in [-0.25, -0.2) is 8.42 Å². The molecule has 160 valence electrons. The van der Waals surface area contributed by atoms with Crippen molar-refractivity contribution in [2.75, 3.05) is 18.1 Å². The highest BCUT2D eigenvalue weighted by Gasteiger charge is 2.38. The summed E-state index contributed by atoms with van der Waals surface area (Å²) in [5, 5.41) is 0.743. The highest BCUT2D eigenvalue weighted by molar-refractivity contribution is 7.91. The number of ether oxygens (including phenoxy) is 1. The van der Waals surface area contributed by atoms with Crippen LogP contribution in [0.2, 0.25) is 10.0 Å². The number of esters is 1. The molecule has 3 rings (SSSR count). The van der Waals surface area contributed by atoms with E-state index in [0.29, 0.717) is 22.0 Å². The van der Waals surface area contributed by atoms with Gasteiger partial charge < -0.3 is 9.64 Å². The van der Waals surface area contributed by atoms with Crippen LogP contribution in [-0.4, -0.2) is 55.4 Å². The molecule has 1 amide bonds. The second-order valence-corrected chi connectivity index (χ2v) is 10.8. The lowest BCUT2D eigenvalue weighted by molar-refractivity contribution is -0.154. The van der Waals surface area contributed by atoms with E-state index in [0.717, 1.165) is 32.1 Å². The zero-order valence-electron chi connectivity index (χ0n) is 16.1.